The van der Waals surface area contributed by atoms with Gasteiger partial charge in [0, 0.05) is 6.04 Å². The second-order valence-electron chi connectivity index (χ2n) is 6.63. The van der Waals surface area contributed by atoms with Gasteiger partial charge in [0.1, 0.15) is 0 Å². The number of unbranched alkanes of at least 4 members (excludes halogenated alkanes) is 3. The van der Waals surface area contributed by atoms with E-state index in [0.717, 1.165) is 12.5 Å². The van der Waals surface area contributed by atoms with Crippen molar-refractivity contribution in [1.29, 1.82) is 0 Å². The van der Waals surface area contributed by atoms with Crippen molar-refractivity contribution >= 4 is 0 Å². The molecule has 2 atom stereocenters. The third-order valence-electron chi connectivity index (χ3n) is 4.96. The van der Waals surface area contributed by atoms with E-state index < -0.39 is 0 Å². The Balaban J connectivity index is 1.91. The van der Waals surface area contributed by atoms with Crippen molar-refractivity contribution in [2.45, 2.75) is 83.6 Å². The molecular weight excluding hydrogens is 254 g/mol. The number of hydrogen-bond acceptors (Lipinski definition) is 1. The van der Waals surface area contributed by atoms with Crippen LogP contribution in [0, 0.1) is 0 Å². The van der Waals surface area contributed by atoms with Crippen molar-refractivity contribution in [2.75, 3.05) is 6.54 Å². The zero-order valence-electron chi connectivity index (χ0n) is 14.0. The molecule has 0 heterocycles. The molecule has 1 aliphatic rings. The van der Waals surface area contributed by atoms with E-state index in [1.54, 1.807) is 11.1 Å². The maximum absolute atomic E-state index is 3.74. The van der Waals surface area contributed by atoms with Crippen LogP contribution in [0.15, 0.2) is 24.3 Å². The first-order chi connectivity index (χ1) is 10.3. The third kappa shape index (κ3) is 5.14. The van der Waals surface area contributed by atoms with Gasteiger partial charge in [-0.25, -0.2) is 0 Å². The Morgan fingerprint density at radius 3 is 2.81 bits per heavy atom. The van der Waals surface area contributed by atoms with Gasteiger partial charge < -0.3 is 5.32 Å². The SMILES string of the molecule is CCCCCCC(CC1CCCc2ccccc21)NCC. The fourth-order valence-electron chi connectivity index (χ4n) is 3.85. The molecule has 1 aromatic carbocycles. The summed E-state index contributed by atoms with van der Waals surface area (Å²) in [6.45, 7) is 5.64. The van der Waals surface area contributed by atoms with E-state index in [9.17, 15) is 0 Å². The topological polar surface area (TPSA) is 12.0 Å². The highest BCUT2D eigenvalue weighted by molar-refractivity contribution is 5.32. The molecule has 21 heavy (non-hydrogen) atoms. The molecule has 1 aromatic rings. The molecule has 1 N–H and O–H groups in total. The number of fused-ring (bicyclic) bond motifs is 1. The number of nitrogens with one attached hydrogen (secondary N) is 1. The summed E-state index contributed by atoms with van der Waals surface area (Å²) < 4.78 is 0. The Labute approximate surface area is 131 Å². The van der Waals surface area contributed by atoms with Gasteiger partial charge in [-0.1, -0.05) is 63.8 Å². The average Bonchev–Trinajstić information content (AvgIpc) is 2.52. The first-order valence-corrected chi connectivity index (χ1v) is 9.16. The third-order valence-corrected chi connectivity index (χ3v) is 4.96. The molecule has 0 saturated heterocycles. The molecule has 0 amide bonds. The van der Waals surface area contributed by atoms with Gasteiger partial charge in [0.05, 0.1) is 0 Å². The maximum Gasteiger partial charge on any atom is 0.00727 e. The van der Waals surface area contributed by atoms with Crippen LogP contribution >= 0.6 is 0 Å². The van der Waals surface area contributed by atoms with E-state index >= 15 is 0 Å². The minimum Gasteiger partial charge on any atom is -0.314 e. The highest BCUT2D eigenvalue weighted by Gasteiger charge is 2.22. The van der Waals surface area contributed by atoms with Crippen LogP contribution in [0.25, 0.3) is 0 Å². The lowest BCUT2D eigenvalue weighted by Gasteiger charge is -2.29. The smallest absolute Gasteiger partial charge is 0.00727 e. The lowest BCUT2D eigenvalue weighted by Crippen LogP contribution is -2.31. The van der Waals surface area contributed by atoms with Crippen molar-refractivity contribution in [2.24, 2.45) is 0 Å². The first-order valence-electron chi connectivity index (χ1n) is 9.16. The molecule has 1 heteroatoms. The highest BCUT2D eigenvalue weighted by atomic mass is 14.9. The number of aryl methyl sites for hydroxylation is 1. The van der Waals surface area contributed by atoms with Gasteiger partial charge in [-0.2, -0.15) is 0 Å². The molecule has 0 radical (unpaired) electrons. The maximum atomic E-state index is 3.74. The predicted molar refractivity (Wildman–Crippen MR) is 93.0 cm³/mol. The van der Waals surface area contributed by atoms with Crippen LogP contribution in [-0.2, 0) is 6.42 Å². The van der Waals surface area contributed by atoms with E-state index in [0.29, 0.717) is 6.04 Å². The molecule has 0 bridgehead atoms. The van der Waals surface area contributed by atoms with E-state index in [1.165, 1.54) is 57.8 Å². The summed E-state index contributed by atoms with van der Waals surface area (Å²) >= 11 is 0. The van der Waals surface area contributed by atoms with Crippen LogP contribution in [0.4, 0.5) is 0 Å². The minimum atomic E-state index is 0.711. The van der Waals surface area contributed by atoms with Crippen LogP contribution in [0.1, 0.15) is 82.3 Å². The van der Waals surface area contributed by atoms with Gasteiger partial charge in [0.25, 0.3) is 0 Å². The Morgan fingerprint density at radius 2 is 2.00 bits per heavy atom. The lowest BCUT2D eigenvalue weighted by atomic mass is 9.79. The fourth-order valence-corrected chi connectivity index (χ4v) is 3.85. The van der Waals surface area contributed by atoms with Crippen molar-refractivity contribution in [3.63, 3.8) is 0 Å². The largest absolute Gasteiger partial charge is 0.314 e. The summed E-state index contributed by atoms with van der Waals surface area (Å²) in [6, 6.07) is 9.85. The summed E-state index contributed by atoms with van der Waals surface area (Å²) in [4.78, 5) is 0. The molecule has 1 aliphatic carbocycles. The van der Waals surface area contributed by atoms with Crippen molar-refractivity contribution < 1.29 is 0 Å². The number of hydrogen-bond donors (Lipinski definition) is 1. The van der Waals surface area contributed by atoms with Crippen LogP contribution in [0.3, 0.4) is 0 Å². The van der Waals surface area contributed by atoms with Crippen molar-refractivity contribution in [3.8, 4) is 0 Å². The number of benzene rings is 1. The normalized spacial score (nSPS) is 19.2. The van der Waals surface area contributed by atoms with Crippen molar-refractivity contribution in [1.82, 2.24) is 5.32 Å². The van der Waals surface area contributed by atoms with Crippen LogP contribution in [0.2, 0.25) is 0 Å². The zero-order valence-corrected chi connectivity index (χ0v) is 14.0. The number of rotatable bonds is 9. The average molecular weight is 287 g/mol. The van der Waals surface area contributed by atoms with Gasteiger partial charge in [-0.15, -0.1) is 0 Å². The zero-order chi connectivity index (χ0) is 14.9. The van der Waals surface area contributed by atoms with E-state index in [2.05, 4.69) is 43.4 Å². The summed E-state index contributed by atoms with van der Waals surface area (Å²) in [6.07, 6.45) is 12.2. The second kappa shape index (κ2) is 9.25. The molecule has 2 rings (SSSR count). The molecule has 0 saturated carbocycles. The molecule has 0 aromatic heterocycles. The Hall–Kier alpha value is -0.820. The Morgan fingerprint density at radius 1 is 1.14 bits per heavy atom. The summed E-state index contributed by atoms with van der Waals surface area (Å²) in [5.74, 6) is 0.783. The summed E-state index contributed by atoms with van der Waals surface area (Å²) in [7, 11) is 0. The minimum absolute atomic E-state index is 0.711. The van der Waals surface area contributed by atoms with E-state index in [-0.39, 0.29) is 0 Å². The first kappa shape index (κ1) is 16.5. The standard InChI is InChI=1S/C20H33N/c1-3-5-6-7-14-19(21-4-2)16-18-13-10-12-17-11-8-9-15-20(17)18/h8-9,11,15,18-19,21H,3-7,10,12-14,16H2,1-2H3. The van der Waals surface area contributed by atoms with Gasteiger partial charge in [0.15, 0.2) is 0 Å². The predicted octanol–water partition coefficient (Wildman–Crippen LogP) is 5.45. The molecule has 1 nitrogen and oxygen atoms in total. The molecular formula is C20H33N. The Bertz CT molecular complexity index is 399. The van der Waals surface area contributed by atoms with Crippen LogP contribution in [-0.4, -0.2) is 12.6 Å². The monoisotopic (exact) mass is 287 g/mol. The van der Waals surface area contributed by atoms with Crippen molar-refractivity contribution in [3.05, 3.63) is 35.4 Å². The lowest BCUT2D eigenvalue weighted by molar-refractivity contribution is 0.387. The van der Waals surface area contributed by atoms with Gasteiger partial charge in [0.2, 0.25) is 0 Å². The van der Waals surface area contributed by atoms with Crippen LogP contribution < -0.4 is 5.32 Å². The van der Waals surface area contributed by atoms with E-state index in [1.807, 2.05) is 0 Å². The fraction of sp³-hybridized carbons (Fsp3) is 0.700. The highest BCUT2D eigenvalue weighted by Crippen LogP contribution is 2.35. The van der Waals surface area contributed by atoms with E-state index in [4.69, 9.17) is 0 Å². The Kier molecular flexibility index (Phi) is 7.29. The molecule has 0 aliphatic heterocycles. The molecule has 0 spiro atoms. The summed E-state index contributed by atoms with van der Waals surface area (Å²) in [5, 5.41) is 3.74. The molecule has 0 fully saturated rings. The van der Waals surface area contributed by atoms with Gasteiger partial charge >= 0.3 is 0 Å². The van der Waals surface area contributed by atoms with Crippen LogP contribution in [0.5, 0.6) is 0 Å². The molecule has 2 unspecified atom stereocenters. The summed E-state index contributed by atoms with van der Waals surface area (Å²) in [5.41, 5.74) is 3.25. The second-order valence-corrected chi connectivity index (χ2v) is 6.63. The van der Waals surface area contributed by atoms with Gasteiger partial charge in [-0.05, 0) is 55.7 Å². The molecule has 118 valence electrons. The van der Waals surface area contributed by atoms with Gasteiger partial charge in [-0.3, -0.25) is 0 Å². The quantitative estimate of drug-likeness (QED) is 0.596.